The van der Waals surface area contributed by atoms with Gasteiger partial charge < -0.3 is 16.5 Å². The summed E-state index contributed by atoms with van der Waals surface area (Å²) in [7, 11) is 0. The molecule has 5 heteroatoms. The third-order valence-corrected chi connectivity index (χ3v) is 2.09. The van der Waals surface area contributed by atoms with Crippen molar-refractivity contribution in [2.24, 2.45) is 22.6 Å². The Labute approximate surface area is 71.4 Å². The van der Waals surface area contributed by atoms with Gasteiger partial charge in [-0.25, -0.2) is 0 Å². The van der Waals surface area contributed by atoms with Crippen LogP contribution in [0.15, 0.2) is 5.10 Å². The average Bonchev–Trinajstić information content (AvgIpc) is 2.05. The summed E-state index contributed by atoms with van der Waals surface area (Å²) in [4.78, 5) is 12.7. The standard InChI is InChI=1S/C7H14N4O/c8-7(12)6-2-1-3-11(4-6)5-10-9/h5-6H,1-4,9H2,(H2,8,12)/t6-/m0/s1. The van der Waals surface area contributed by atoms with Gasteiger partial charge in [-0.15, -0.1) is 0 Å². The van der Waals surface area contributed by atoms with Crippen molar-refractivity contribution < 1.29 is 4.79 Å². The molecule has 1 rings (SSSR count). The van der Waals surface area contributed by atoms with Crippen molar-refractivity contribution in [1.82, 2.24) is 4.90 Å². The number of primary amides is 1. The maximum absolute atomic E-state index is 10.8. The number of carbonyl (C=O) groups is 1. The van der Waals surface area contributed by atoms with Crippen molar-refractivity contribution in [1.29, 1.82) is 0 Å². The topological polar surface area (TPSA) is 84.7 Å². The molecule has 1 aliphatic rings. The van der Waals surface area contributed by atoms with Crippen LogP contribution in [0.4, 0.5) is 0 Å². The smallest absolute Gasteiger partial charge is 0.222 e. The summed E-state index contributed by atoms with van der Waals surface area (Å²) in [6, 6.07) is 0. The van der Waals surface area contributed by atoms with Crippen molar-refractivity contribution in [3.05, 3.63) is 0 Å². The largest absolute Gasteiger partial charge is 0.369 e. The number of amides is 1. The maximum atomic E-state index is 10.8. The van der Waals surface area contributed by atoms with E-state index in [2.05, 4.69) is 5.10 Å². The summed E-state index contributed by atoms with van der Waals surface area (Å²) in [6.07, 6.45) is 3.40. The van der Waals surface area contributed by atoms with E-state index in [9.17, 15) is 4.79 Å². The normalized spacial score (nSPS) is 24.7. The molecule has 0 spiro atoms. The van der Waals surface area contributed by atoms with Crippen LogP contribution in [-0.4, -0.2) is 30.2 Å². The van der Waals surface area contributed by atoms with Crippen LogP contribution in [0.25, 0.3) is 0 Å². The van der Waals surface area contributed by atoms with Gasteiger partial charge in [-0.1, -0.05) is 0 Å². The molecule has 0 bridgehead atoms. The van der Waals surface area contributed by atoms with E-state index >= 15 is 0 Å². The molecule has 68 valence electrons. The first-order valence-corrected chi connectivity index (χ1v) is 4.01. The van der Waals surface area contributed by atoms with Gasteiger partial charge in [-0.3, -0.25) is 4.79 Å². The van der Waals surface area contributed by atoms with E-state index in [-0.39, 0.29) is 11.8 Å². The summed E-state index contributed by atoms with van der Waals surface area (Å²) in [6.45, 7) is 1.56. The van der Waals surface area contributed by atoms with E-state index in [1.54, 1.807) is 6.34 Å². The molecule has 1 heterocycles. The maximum Gasteiger partial charge on any atom is 0.222 e. The highest BCUT2D eigenvalue weighted by atomic mass is 16.1. The van der Waals surface area contributed by atoms with Gasteiger partial charge in [0, 0.05) is 13.1 Å². The first-order valence-electron chi connectivity index (χ1n) is 4.01. The van der Waals surface area contributed by atoms with Crippen LogP contribution in [0.2, 0.25) is 0 Å². The van der Waals surface area contributed by atoms with Crippen LogP contribution in [0.1, 0.15) is 12.8 Å². The highest BCUT2D eigenvalue weighted by Gasteiger charge is 2.22. The molecular weight excluding hydrogens is 156 g/mol. The molecular formula is C7H14N4O. The number of nitrogens with zero attached hydrogens (tertiary/aromatic N) is 2. The molecule has 1 fully saturated rings. The van der Waals surface area contributed by atoms with Crippen LogP contribution in [0.3, 0.4) is 0 Å². The number of hydrogen-bond donors (Lipinski definition) is 2. The number of carbonyl (C=O) groups excluding carboxylic acids is 1. The minimum absolute atomic E-state index is 0.0447. The Morgan fingerprint density at radius 1 is 1.67 bits per heavy atom. The molecule has 1 saturated heterocycles. The van der Waals surface area contributed by atoms with Crippen LogP contribution >= 0.6 is 0 Å². The summed E-state index contributed by atoms with van der Waals surface area (Å²) < 4.78 is 0. The van der Waals surface area contributed by atoms with Gasteiger partial charge in [-0.2, -0.15) is 5.10 Å². The third-order valence-electron chi connectivity index (χ3n) is 2.09. The fourth-order valence-electron chi connectivity index (χ4n) is 1.44. The van der Waals surface area contributed by atoms with Gasteiger partial charge in [0.1, 0.15) is 6.34 Å². The van der Waals surface area contributed by atoms with E-state index < -0.39 is 0 Å². The predicted octanol–water partition coefficient (Wildman–Crippen LogP) is -0.914. The summed E-state index contributed by atoms with van der Waals surface area (Å²) in [5, 5.41) is 3.40. The summed E-state index contributed by atoms with van der Waals surface area (Å²) >= 11 is 0. The molecule has 0 aromatic rings. The molecule has 0 radical (unpaired) electrons. The van der Waals surface area contributed by atoms with Gasteiger partial charge in [0.25, 0.3) is 0 Å². The monoisotopic (exact) mass is 170 g/mol. The van der Waals surface area contributed by atoms with Crippen LogP contribution < -0.4 is 11.6 Å². The highest BCUT2D eigenvalue weighted by Crippen LogP contribution is 2.14. The molecule has 5 nitrogen and oxygen atoms in total. The SMILES string of the molecule is NN=CN1CCC[C@H](C(N)=O)C1. The molecule has 1 aliphatic heterocycles. The highest BCUT2D eigenvalue weighted by molar-refractivity contribution is 5.77. The number of piperidine rings is 1. The second-order valence-electron chi connectivity index (χ2n) is 3.00. The first kappa shape index (κ1) is 8.83. The van der Waals surface area contributed by atoms with Gasteiger partial charge in [0.15, 0.2) is 0 Å². The van der Waals surface area contributed by atoms with Crippen molar-refractivity contribution in [2.45, 2.75) is 12.8 Å². The lowest BCUT2D eigenvalue weighted by atomic mass is 9.98. The van der Waals surface area contributed by atoms with E-state index in [0.29, 0.717) is 6.54 Å². The van der Waals surface area contributed by atoms with E-state index in [4.69, 9.17) is 11.6 Å². The molecule has 0 saturated carbocycles. The number of hydrogen-bond acceptors (Lipinski definition) is 3. The van der Waals surface area contributed by atoms with Crippen LogP contribution in [-0.2, 0) is 4.79 Å². The number of rotatable bonds is 2. The number of likely N-dealkylation sites (tertiary alicyclic amines) is 1. The van der Waals surface area contributed by atoms with Crippen LogP contribution in [0.5, 0.6) is 0 Å². The predicted molar refractivity (Wildman–Crippen MR) is 46.2 cm³/mol. The quantitative estimate of drug-likeness (QED) is 0.243. The second-order valence-corrected chi connectivity index (χ2v) is 3.00. The Kier molecular flexibility index (Phi) is 2.90. The van der Waals surface area contributed by atoms with Gasteiger partial charge in [0.2, 0.25) is 5.91 Å². The Bertz CT molecular complexity index is 192. The van der Waals surface area contributed by atoms with Crippen molar-refractivity contribution in [2.75, 3.05) is 13.1 Å². The van der Waals surface area contributed by atoms with E-state index in [0.717, 1.165) is 19.4 Å². The lowest BCUT2D eigenvalue weighted by Gasteiger charge is -2.28. The average molecular weight is 170 g/mol. The Morgan fingerprint density at radius 2 is 2.42 bits per heavy atom. The second kappa shape index (κ2) is 3.94. The minimum Gasteiger partial charge on any atom is -0.369 e. The summed E-state index contributed by atoms with van der Waals surface area (Å²) in [5.74, 6) is 4.72. The number of hydrazone groups is 1. The van der Waals surface area contributed by atoms with Crippen molar-refractivity contribution >= 4 is 12.2 Å². The lowest BCUT2D eigenvalue weighted by molar-refractivity contribution is -0.122. The van der Waals surface area contributed by atoms with Gasteiger partial charge in [-0.05, 0) is 12.8 Å². The number of nitrogens with two attached hydrogens (primary N) is 2. The molecule has 0 aliphatic carbocycles. The molecule has 1 atom stereocenters. The first-order chi connectivity index (χ1) is 5.74. The fraction of sp³-hybridized carbons (Fsp3) is 0.714. The summed E-state index contributed by atoms with van der Waals surface area (Å²) in [5.41, 5.74) is 5.18. The zero-order valence-electron chi connectivity index (χ0n) is 6.94. The molecule has 0 unspecified atom stereocenters. The minimum atomic E-state index is -0.231. The Morgan fingerprint density at radius 3 is 3.00 bits per heavy atom. The van der Waals surface area contributed by atoms with Crippen molar-refractivity contribution in [3.8, 4) is 0 Å². The molecule has 1 amide bonds. The van der Waals surface area contributed by atoms with Crippen LogP contribution in [0, 0.1) is 5.92 Å². The Balaban J connectivity index is 2.45. The fourth-order valence-corrected chi connectivity index (χ4v) is 1.44. The molecule has 12 heavy (non-hydrogen) atoms. The van der Waals surface area contributed by atoms with Gasteiger partial charge in [0.05, 0.1) is 5.92 Å². The van der Waals surface area contributed by atoms with E-state index in [1.807, 2.05) is 4.90 Å². The zero-order chi connectivity index (χ0) is 8.97. The van der Waals surface area contributed by atoms with E-state index in [1.165, 1.54) is 0 Å². The van der Waals surface area contributed by atoms with Gasteiger partial charge >= 0.3 is 0 Å². The Hall–Kier alpha value is -1.26. The molecule has 0 aromatic heterocycles. The van der Waals surface area contributed by atoms with Crippen molar-refractivity contribution in [3.63, 3.8) is 0 Å². The zero-order valence-corrected chi connectivity index (χ0v) is 6.94. The third kappa shape index (κ3) is 2.11. The molecule has 4 N–H and O–H groups in total. The molecule has 0 aromatic carbocycles. The lowest BCUT2D eigenvalue weighted by Crippen LogP contribution is -2.40.